The number of hydrogen-bond donors (Lipinski definition) is 0. The minimum absolute atomic E-state index is 0. The van der Waals surface area contributed by atoms with Gasteiger partial charge in [-0.2, -0.15) is 0 Å². The summed E-state index contributed by atoms with van der Waals surface area (Å²) < 4.78 is 117. The third-order valence-corrected chi connectivity index (χ3v) is 0. The quantitative estimate of drug-likeness (QED) is 0.359. The van der Waals surface area contributed by atoms with Crippen molar-refractivity contribution in [2.45, 2.75) is 0 Å². The molecule has 0 aliphatic carbocycles. The van der Waals surface area contributed by atoms with Crippen LogP contribution in [0.3, 0.4) is 0 Å². The van der Waals surface area contributed by atoms with E-state index in [2.05, 4.69) is 13.2 Å². The molecule has 0 saturated carbocycles. The van der Waals surface area contributed by atoms with Crippen LogP contribution in [-0.2, 0) is 0 Å². The van der Waals surface area contributed by atoms with Crippen LogP contribution in [0.2, 0.25) is 0 Å². The first-order chi connectivity index (χ1) is 7.00. The molecule has 0 nitrogen and oxygen atoms in total. The van der Waals surface area contributed by atoms with Crippen molar-refractivity contribution in [1.29, 1.82) is 0 Å². The van der Waals surface area contributed by atoms with Crippen LogP contribution in [0.1, 0.15) is 0 Å². The van der Waals surface area contributed by atoms with Crippen molar-refractivity contribution in [3.8, 4) is 0 Å². The molecule has 0 aromatic heterocycles. The standard InChI is InChI=1S/C2H4.3BF4.Na.H/c1-2;3*2-1(3,4)5;;/h1-2H2;;;;;/q;3*-1;;. The van der Waals surface area contributed by atoms with Crippen molar-refractivity contribution in [3.63, 3.8) is 0 Å². The third kappa shape index (κ3) is 408000. The van der Waals surface area contributed by atoms with Gasteiger partial charge < -0.3 is 51.8 Å². The molecule has 0 aromatic rings. The molecule has 16 heteroatoms. The summed E-state index contributed by atoms with van der Waals surface area (Å²) >= 11 is 0. The fourth-order valence-corrected chi connectivity index (χ4v) is 0. The molecule has 0 atom stereocenters. The van der Waals surface area contributed by atoms with Gasteiger partial charge in [0.2, 0.25) is 0 Å². The van der Waals surface area contributed by atoms with Gasteiger partial charge in [-0.3, -0.25) is 0 Å². The predicted molar refractivity (Wildman–Crippen MR) is 49.0 cm³/mol. The van der Waals surface area contributed by atoms with Crippen molar-refractivity contribution >= 4 is 51.3 Å². The molecule has 0 rings (SSSR count). The zero-order valence-electron chi connectivity index (χ0n) is 7.68. The monoisotopic (exact) mass is 313 g/mol. The molecule has 0 amide bonds. The van der Waals surface area contributed by atoms with Gasteiger partial charge in [0.1, 0.15) is 0 Å². The predicted octanol–water partition coefficient (Wildman–Crippen LogP) is 4.05. The van der Waals surface area contributed by atoms with Crippen LogP contribution in [0.5, 0.6) is 0 Å². The van der Waals surface area contributed by atoms with E-state index in [0.717, 1.165) is 0 Å². The Bertz CT molecular complexity index is 112. The SMILES string of the molecule is C=C.F[B-](F)(F)F.F[B-](F)(F)F.F[B-](F)(F)F.[NaH]. The second kappa shape index (κ2) is 13.5. The Morgan fingerprint density at radius 1 is 0.389 bits per heavy atom. The molecule has 0 aliphatic rings. The van der Waals surface area contributed by atoms with Crippen molar-refractivity contribution in [3.05, 3.63) is 13.2 Å². The van der Waals surface area contributed by atoms with Crippen molar-refractivity contribution in [2.75, 3.05) is 0 Å². The first-order valence-corrected chi connectivity index (χ1v) is 3.12. The zero-order valence-corrected chi connectivity index (χ0v) is 7.68. The van der Waals surface area contributed by atoms with Crippen molar-refractivity contribution in [2.24, 2.45) is 0 Å². The van der Waals surface area contributed by atoms with Crippen LogP contribution in [0.25, 0.3) is 0 Å². The van der Waals surface area contributed by atoms with Gasteiger partial charge in [0.15, 0.2) is 0 Å². The van der Waals surface area contributed by atoms with E-state index < -0.39 is 21.8 Å². The van der Waals surface area contributed by atoms with Crippen molar-refractivity contribution in [1.82, 2.24) is 0 Å². The maximum atomic E-state index is 9.75. The molecule has 0 aliphatic heterocycles. The summed E-state index contributed by atoms with van der Waals surface area (Å²) in [5, 5.41) is 0. The first kappa shape index (κ1) is 30.8. The molecule has 0 heterocycles. The number of hydrogen-bond acceptors (Lipinski definition) is 0. The van der Waals surface area contributed by atoms with Crippen LogP contribution in [0, 0.1) is 0 Å². The van der Waals surface area contributed by atoms with E-state index in [1.54, 1.807) is 0 Å². The molecule has 0 spiro atoms. The summed E-state index contributed by atoms with van der Waals surface area (Å²) in [7, 11) is -18.0. The van der Waals surface area contributed by atoms with E-state index in [4.69, 9.17) is 0 Å². The molecule has 0 aromatic carbocycles. The molecule has 18 heavy (non-hydrogen) atoms. The Morgan fingerprint density at radius 2 is 0.389 bits per heavy atom. The summed E-state index contributed by atoms with van der Waals surface area (Å²) in [6.07, 6.45) is 0. The Balaban J connectivity index is -0.0000000427. The molecule has 0 saturated heterocycles. The van der Waals surface area contributed by atoms with Crippen LogP contribution in [-0.4, -0.2) is 51.3 Å². The fourth-order valence-electron chi connectivity index (χ4n) is 0. The van der Waals surface area contributed by atoms with E-state index in [-0.39, 0.29) is 29.6 Å². The van der Waals surface area contributed by atoms with Crippen LogP contribution in [0.15, 0.2) is 13.2 Å². The topological polar surface area (TPSA) is 0 Å². The maximum absolute atomic E-state index is 9.75. The summed E-state index contributed by atoms with van der Waals surface area (Å²) in [5.74, 6) is 0. The van der Waals surface area contributed by atoms with Crippen LogP contribution in [0.4, 0.5) is 51.8 Å². The third-order valence-electron chi connectivity index (χ3n) is 0. The molecule has 0 bridgehead atoms. The number of rotatable bonds is 0. The van der Waals surface area contributed by atoms with Crippen LogP contribution >= 0.6 is 0 Å². The van der Waals surface area contributed by atoms with Gasteiger partial charge in [-0.1, -0.05) is 0 Å². The fraction of sp³-hybridized carbons (Fsp3) is 0. The van der Waals surface area contributed by atoms with E-state index in [0.29, 0.717) is 0 Å². The zero-order chi connectivity index (χ0) is 15.5. The van der Waals surface area contributed by atoms with Gasteiger partial charge in [-0.15, -0.1) is 13.2 Å². The minimum atomic E-state index is -6.00. The van der Waals surface area contributed by atoms with Gasteiger partial charge in [-0.05, 0) is 0 Å². The van der Waals surface area contributed by atoms with Crippen molar-refractivity contribution < 1.29 is 51.8 Å². The second-order valence-corrected chi connectivity index (χ2v) is 1.48. The van der Waals surface area contributed by atoms with E-state index in [9.17, 15) is 51.8 Å². The van der Waals surface area contributed by atoms with Crippen LogP contribution < -0.4 is 0 Å². The molecule has 0 radical (unpaired) electrons. The van der Waals surface area contributed by atoms with Gasteiger partial charge in [0.25, 0.3) is 0 Å². The summed E-state index contributed by atoms with van der Waals surface area (Å²) in [4.78, 5) is 0. The summed E-state index contributed by atoms with van der Waals surface area (Å²) in [5.41, 5.74) is 0. The Hall–Kier alpha value is 0.0948. The average Bonchev–Trinajstić information content (AvgIpc) is 1.77. The van der Waals surface area contributed by atoms with E-state index in [1.807, 2.05) is 0 Å². The van der Waals surface area contributed by atoms with Gasteiger partial charge in [0, 0.05) is 0 Å². The Kier molecular flexibility index (Phi) is 23.2. The molecule has 0 unspecified atom stereocenters. The van der Waals surface area contributed by atoms with Gasteiger partial charge >= 0.3 is 51.3 Å². The first-order valence-electron chi connectivity index (χ1n) is 3.12. The number of halogens is 12. The summed E-state index contributed by atoms with van der Waals surface area (Å²) in [6.45, 7) is 6.00. The normalized spacial score (nSPS) is 10.2. The molecule has 110 valence electrons. The molecular formula is C2H5B3F12Na-3. The second-order valence-electron chi connectivity index (χ2n) is 1.48. The van der Waals surface area contributed by atoms with Gasteiger partial charge in [0.05, 0.1) is 0 Å². The average molecular weight is 312 g/mol. The molecule has 0 fully saturated rings. The van der Waals surface area contributed by atoms with E-state index >= 15 is 0 Å². The van der Waals surface area contributed by atoms with E-state index in [1.165, 1.54) is 0 Å². The van der Waals surface area contributed by atoms with Gasteiger partial charge in [-0.25, -0.2) is 0 Å². The summed E-state index contributed by atoms with van der Waals surface area (Å²) in [6, 6.07) is 0. The Morgan fingerprint density at radius 3 is 0.389 bits per heavy atom. The Labute approximate surface area is 116 Å². The molecule has 0 N–H and O–H groups in total. The molecular weight excluding hydrogens is 307 g/mol.